The highest BCUT2D eigenvalue weighted by Crippen LogP contribution is 2.19. The SMILES string of the molecule is CC(=O)c1ccc(OCC[C@@H]2CN(C(=O)O)CCN2)c(F)c1.Cl. The molecule has 1 aliphatic rings. The second-order valence-corrected chi connectivity index (χ2v) is 5.22. The Morgan fingerprint density at radius 3 is 2.83 bits per heavy atom. The van der Waals surface area contributed by atoms with Crippen LogP contribution in [0.25, 0.3) is 0 Å². The molecule has 0 bridgehead atoms. The summed E-state index contributed by atoms with van der Waals surface area (Å²) in [4.78, 5) is 23.4. The fourth-order valence-corrected chi connectivity index (χ4v) is 2.34. The number of nitrogens with zero attached hydrogens (tertiary/aromatic N) is 1. The lowest BCUT2D eigenvalue weighted by atomic mass is 10.1. The van der Waals surface area contributed by atoms with Crippen LogP contribution in [0.2, 0.25) is 0 Å². The third kappa shape index (κ3) is 5.37. The summed E-state index contributed by atoms with van der Waals surface area (Å²) in [5, 5.41) is 12.2. The molecule has 8 heteroatoms. The van der Waals surface area contributed by atoms with E-state index in [4.69, 9.17) is 9.84 Å². The summed E-state index contributed by atoms with van der Waals surface area (Å²) >= 11 is 0. The van der Waals surface area contributed by atoms with Crippen LogP contribution in [-0.4, -0.2) is 54.2 Å². The molecular formula is C15H20ClFN2O4. The average Bonchev–Trinajstić information content (AvgIpc) is 2.49. The molecule has 128 valence electrons. The Labute approximate surface area is 140 Å². The van der Waals surface area contributed by atoms with Crippen LogP contribution in [0.3, 0.4) is 0 Å². The van der Waals surface area contributed by atoms with Crippen molar-refractivity contribution in [2.75, 3.05) is 26.2 Å². The third-order valence-electron chi connectivity index (χ3n) is 3.59. The molecule has 1 heterocycles. The highest BCUT2D eigenvalue weighted by molar-refractivity contribution is 5.94. The average molecular weight is 347 g/mol. The van der Waals surface area contributed by atoms with Crippen molar-refractivity contribution >= 4 is 24.3 Å². The lowest BCUT2D eigenvalue weighted by Gasteiger charge is -2.31. The van der Waals surface area contributed by atoms with Crippen LogP contribution in [0.4, 0.5) is 9.18 Å². The van der Waals surface area contributed by atoms with Crippen LogP contribution in [0, 0.1) is 5.82 Å². The Morgan fingerprint density at radius 2 is 2.22 bits per heavy atom. The van der Waals surface area contributed by atoms with Gasteiger partial charge in [-0.1, -0.05) is 0 Å². The molecule has 2 rings (SSSR count). The molecule has 0 radical (unpaired) electrons. The molecule has 0 saturated carbocycles. The van der Waals surface area contributed by atoms with E-state index in [2.05, 4.69) is 5.32 Å². The fourth-order valence-electron chi connectivity index (χ4n) is 2.34. The van der Waals surface area contributed by atoms with E-state index in [0.29, 0.717) is 31.6 Å². The Morgan fingerprint density at radius 1 is 1.48 bits per heavy atom. The van der Waals surface area contributed by atoms with Crippen LogP contribution in [0.15, 0.2) is 18.2 Å². The first-order chi connectivity index (χ1) is 10.5. The Balaban J connectivity index is 0.00000264. The molecule has 1 atom stereocenters. The highest BCUT2D eigenvalue weighted by atomic mass is 35.5. The number of Topliss-reactive ketones (excluding diaryl/α,β-unsaturated/α-hetero) is 1. The van der Waals surface area contributed by atoms with Crippen LogP contribution in [-0.2, 0) is 0 Å². The van der Waals surface area contributed by atoms with Crippen molar-refractivity contribution in [3.8, 4) is 5.75 Å². The van der Waals surface area contributed by atoms with Gasteiger partial charge in [-0.2, -0.15) is 0 Å². The van der Waals surface area contributed by atoms with E-state index in [1.54, 1.807) is 0 Å². The molecule has 0 unspecified atom stereocenters. The minimum Gasteiger partial charge on any atom is -0.490 e. The van der Waals surface area contributed by atoms with Gasteiger partial charge >= 0.3 is 6.09 Å². The van der Waals surface area contributed by atoms with E-state index in [1.165, 1.54) is 24.0 Å². The number of carbonyl (C=O) groups excluding carboxylic acids is 1. The monoisotopic (exact) mass is 346 g/mol. The molecule has 6 nitrogen and oxygen atoms in total. The van der Waals surface area contributed by atoms with E-state index >= 15 is 0 Å². The van der Waals surface area contributed by atoms with Crippen molar-refractivity contribution in [1.82, 2.24) is 10.2 Å². The van der Waals surface area contributed by atoms with Crippen molar-refractivity contribution in [2.45, 2.75) is 19.4 Å². The van der Waals surface area contributed by atoms with E-state index in [-0.39, 0.29) is 36.6 Å². The highest BCUT2D eigenvalue weighted by Gasteiger charge is 2.22. The molecule has 23 heavy (non-hydrogen) atoms. The van der Waals surface area contributed by atoms with Crippen molar-refractivity contribution < 1.29 is 23.8 Å². The number of amides is 1. The van der Waals surface area contributed by atoms with Crippen LogP contribution >= 0.6 is 12.4 Å². The van der Waals surface area contributed by atoms with Gasteiger partial charge in [0.2, 0.25) is 0 Å². The molecule has 1 saturated heterocycles. The van der Waals surface area contributed by atoms with Gasteiger partial charge in [0, 0.05) is 31.2 Å². The number of hydrogen-bond acceptors (Lipinski definition) is 4. The third-order valence-corrected chi connectivity index (χ3v) is 3.59. The number of halogens is 2. The molecule has 0 aliphatic carbocycles. The van der Waals surface area contributed by atoms with Gasteiger partial charge < -0.3 is 20.1 Å². The largest absolute Gasteiger partial charge is 0.490 e. The lowest BCUT2D eigenvalue weighted by Crippen LogP contribution is -2.52. The standard InChI is InChI=1S/C15H19FN2O4.ClH/c1-10(19)11-2-3-14(13(16)8-11)22-7-4-12-9-18(15(20)21)6-5-17-12;/h2-3,8,12,17H,4-7,9H2,1H3,(H,20,21);1H/t12-;/m1./s1. The van der Waals surface area contributed by atoms with Gasteiger partial charge in [-0.25, -0.2) is 9.18 Å². The Hall–Kier alpha value is -1.86. The predicted molar refractivity (Wildman–Crippen MR) is 85.2 cm³/mol. The second kappa shape index (κ2) is 8.69. The first-order valence-electron chi connectivity index (χ1n) is 7.12. The summed E-state index contributed by atoms with van der Waals surface area (Å²) in [6.07, 6.45) is -0.365. The van der Waals surface area contributed by atoms with Gasteiger partial charge in [0.25, 0.3) is 0 Å². The minimum absolute atomic E-state index is 0. The smallest absolute Gasteiger partial charge is 0.407 e. The zero-order valence-electron chi connectivity index (χ0n) is 12.8. The predicted octanol–water partition coefficient (Wildman–Crippen LogP) is 2.17. The molecule has 1 fully saturated rings. The fraction of sp³-hybridized carbons (Fsp3) is 0.467. The summed E-state index contributed by atoms with van der Waals surface area (Å²) in [6.45, 7) is 3.09. The van der Waals surface area contributed by atoms with E-state index in [0.717, 1.165) is 6.07 Å². The first-order valence-corrected chi connectivity index (χ1v) is 7.12. The molecule has 2 N–H and O–H groups in total. The first kappa shape index (κ1) is 19.2. The summed E-state index contributed by atoms with van der Waals surface area (Å²) in [7, 11) is 0. The summed E-state index contributed by atoms with van der Waals surface area (Å²) in [6, 6.07) is 4.10. The van der Waals surface area contributed by atoms with E-state index < -0.39 is 11.9 Å². The quantitative estimate of drug-likeness (QED) is 0.799. The zero-order valence-corrected chi connectivity index (χ0v) is 13.6. The van der Waals surface area contributed by atoms with Gasteiger partial charge in [0.1, 0.15) is 0 Å². The molecule has 0 aromatic heterocycles. The number of nitrogens with one attached hydrogen (secondary N) is 1. The van der Waals surface area contributed by atoms with E-state index in [9.17, 15) is 14.0 Å². The molecule has 1 aromatic rings. The molecule has 0 spiro atoms. The van der Waals surface area contributed by atoms with Crippen molar-refractivity contribution in [2.24, 2.45) is 0 Å². The van der Waals surface area contributed by atoms with Gasteiger partial charge in [0.15, 0.2) is 17.3 Å². The van der Waals surface area contributed by atoms with Crippen LogP contribution in [0.1, 0.15) is 23.7 Å². The molecular weight excluding hydrogens is 327 g/mol. The minimum atomic E-state index is -0.932. The molecule has 1 aromatic carbocycles. The summed E-state index contributed by atoms with van der Waals surface area (Å²) in [5.41, 5.74) is 0.302. The van der Waals surface area contributed by atoms with Crippen molar-refractivity contribution in [3.05, 3.63) is 29.6 Å². The van der Waals surface area contributed by atoms with Gasteiger partial charge in [-0.05, 0) is 31.5 Å². The molecule has 1 aliphatic heterocycles. The second-order valence-electron chi connectivity index (χ2n) is 5.22. The number of piperazine rings is 1. The van der Waals surface area contributed by atoms with Gasteiger partial charge in [0.05, 0.1) is 6.61 Å². The Bertz CT molecular complexity index is 570. The number of ether oxygens (including phenoxy) is 1. The van der Waals surface area contributed by atoms with Gasteiger partial charge in [-0.15, -0.1) is 12.4 Å². The van der Waals surface area contributed by atoms with Crippen LogP contribution < -0.4 is 10.1 Å². The number of ketones is 1. The summed E-state index contributed by atoms with van der Waals surface area (Å²) < 4.78 is 19.1. The van der Waals surface area contributed by atoms with Crippen LogP contribution in [0.5, 0.6) is 5.75 Å². The maximum absolute atomic E-state index is 13.8. The number of hydrogen-bond donors (Lipinski definition) is 2. The number of rotatable bonds is 5. The zero-order chi connectivity index (χ0) is 16.1. The molecule has 1 amide bonds. The van der Waals surface area contributed by atoms with Gasteiger partial charge in [-0.3, -0.25) is 4.79 Å². The maximum Gasteiger partial charge on any atom is 0.407 e. The Kier molecular flexibility index (Phi) is 7.25. The summed E-state index contributed by atoms with van der Waals surface area (Å²) in [5.74, 6) is -0.682. The number of carboxylic acid groups (broad SMARTS) is 1. The normalized spacial score (nSPS) is 17.3. The van der Waals surface area contributed by atoms with Crippen molar-refractivity contribution in [1.29, 1.82) is 0 Å². The maximum atomic E-state index is 13.8. The van der Waals surface area contributed by atoms with Crippen molar-refractivity contribution in [3.63, 3.8) is 0 Å². The number of carbonyl (C=O) groups is 2. The topological polar surface area (TPSA) is 78.9 Å². The van der Waals surface area contributed by atoms with E-state index in [1.807, 2.05) is 0 Å². The number of benzene rings is 1. The lowest BCUT2D eigenvalue weighted by molar-refractivity contribution is 0.101.